The lowest BCUT2D eigenvalue weighted by Gasteiger charge is -2.11. The van der Waals surface area contributed by atoms with Gasteiger partial charge in [-0.25, -0.2) is 9.97 Å². The number of carbonyl (C=O) groups is 1. The first-order valence-corrected chi connectivity index (χ1v) is 10.2. The molecule has 0 unspecified atom stereocenters. The molecule has 4 rings (SSSR count). The highest BCUT2D eigenvalue weighted by molar-refractivity contribution is 5.91. The van der Waals surface area contributed by atoms with Gasteiger partial charge in [0, 0.05) is 11.1 Å². The average molecular weight is 425 g/mol. The van der Waals surface area contributed by atoms with Gasteiger partial charge in [0.1, 0.15) is 11.5 Å². The van der Waals surface area contributed by atoms with E-state index in [1.807, 2.05) is 84.9 Å². The van der Waals surface area contributed by atoms with Crippen molar-refractivity contribution in [1.82, 2.24) is 9.97 Å². The highest BCUT2D eigenvalue weighted by atomic mass is 16.5. The Morgan fingerprint density at radius 3 is 1.72 bits per heavy atom. The van der Waals surface area contributed by atoms with Crippen molar-refractivity contribution >= 4 is 11.9 Å². The van der Waals surface area contributed by atoms with Gasteiger partial charge in [-0.1, -0.05) is 30.3 Å². The summed E-state index contributed by atoms with van der Waals surface area (Å²) in [7, 11) is 3.25. The van der Waals surface area contributed by atoms with Crippen LogP contribution >= 0.6 is 0 Å². The SMILES string of the molecule is COc1ccc(-c2cc(-c3ccc(OC)cc3)nc(NC(=O)Cc3ccccc3)n2)cc1. The number of methoxy groups -OCH3 is 2. The summed E-state index contributed by atoms with van der Waals surface area (Å²) in [6.45, 7) is 0. The number of ether oxygens (including phenoxy) is 2. The minimum Gasteiger partial charge on any atom is -0.497 e. The van der Waals surface area contributed by atoms with Gasteiger partial charge in [0.05, 0.1) is 32.0 Å². The molecule has 1 heterocycles. The number of carbonyl (C=O) groups excluding carboxylic acids is 1. The Morgan fingerprint density at radius 2 is 1.25 bits per heavy atom. The molecular formula is C26H23N3O3. The van der Waals surface area contributed by atoms with Crippen molar-refractivity contribution in [3.05, 3.63) is 90.5 Å². The summed E-state index contributed by atoms with van der Waals surface area (Å²) < 4.78 is 10.5. The van der Waals surface area contributed by atoms with Crippen molar-refractivity contribution in [3.63, 3.8) is 0 Å². The third-order valence-corrected chi connectivity index (χ3v) is 4.96. The van der Waals surface area contributed by atoms with Crippen LogP contribution in [0.3, 0.4) is 0 Å². The van der Waals surface area contributed by atoms with E-state index in [1.165, 1.54) is 0 Å². The number of aromatic nitrogens is 2. The number of benzene rings is 3. The van der Waals surface area contributed by atoms with Crippen molar-refractivity contribution in [2.24, 2.45) is 0 Å². The topological polar surface area (TPSA) is 73.3 Å². The van der Waals surface area contributed by atoms with Crippen LogP contribution in [0.1, 0.15) is 5.56 Å². The Balaban J connectivity index is 1.68. The molecule has 1 aromatic heterocycles. The third-order valence-electron chi connectivity index (χ3n) is 4.96. The molecule has 0 atom stereocenters. The molecule has 160 valence electrons. The van der Waals surface area contributed by atoms with Crippen LogP contribution in [0.25, 0.3) is 22.5 Å². The molecule has 1 amide bonds. The van der Waals surface area contributed by atoms with Gasteiger partial charge in [0.25, 0.3) is 0 Å². The largest absolute Gasteiger partial charge is 0.497 e. The van der Waals surface area contributed by atoms with E-state index in [1.54, 1.807) is 14.2 Å². The Kier molecular flexibility index (Phi) is 6.41. The van der Waals surface area contributed by atoms with Crippen LogP contribution in [0.15, 0.2) is 84.9 Å². The van der Waals surface area contributed by atoms with Crippen LogP contribution in [0.4, 0.5) is 5.95 Å². The number of hydrogen-bond donors (Lipinski definition) is 1. The Hall–Kier alpha value is -4.19. The first-order chi connectivity index (χ1) is 15.6. The average Bonchev–Trinajstić information content (AvgIpc) is 2.84. The highest BCUT2D eigenvalue weighted by Gasteiger charge is 2.12. The van der Waals surface area contributed by atoms with Gasteiger partial charge in [-0.3, -0.25) is 10.1 Å². The molecule has 0 aliphatic heterocycles. The molecule has 3 aromatic carbocycles. The smallest absolute Gasteiger partial charge is 0.231 e. The predicted octanol–water partition coefficient (Wildman–Crippen LogP) is 5.01. The second kappa shape index (κ2) is 9.75. The maximum absolute atomic E-state index is 12.6. The summed E-state index contributed by atoms with van der Waals surface area (Å²) in [4.78, 5) is 21.8. The van der Waals surface area contributed by atoms with E-state index in [4.69, 9.17) is 9.47 Å². The van der Waals surface area contributed by atoms with Crippen molar-refractivity contribution in [2.45, 2.75) is 6.42 Å². The van der Waals surface area contributed by atoms with Crippen LogP contribution in [0.5, 0.6) is 11.5 Å². The Morgan fingerprint density at radius 1 is 0.750 bits per heavy atom. The molecular weight excluding hydrogens is 402 g/mol. The quantitative estimate of drug-likeness (QED) is 0.451. The van der Waals surface area contributed by atoms with Crippen molar-refractivity contribution in [1.29, 1.82) is 0 Å². The van der Waals surface area contributed by atoms with Crippen molar-refractivity contribution < 1.29 is 14.3 Å². The standard InChI is InChI=1S/C26H23N3O3/c1-31-21-12-8-19(9-13-21)23-17-24(20-10-14-22(32-2)15-11-20)28-26(27-23)29-25(30)16-18-6-4-3-5-7-18/h3-15,17H,16H2,1-2H3,(H,27,28,29,30). The molecule has 0 saturated heterocycles. The third kappa shape index (κ3) is 5.10. The summed E-state index contributed by atoms with van der Waals surface area (Å²) >= 11 is 0. The minimum absolute atomic E-state index is 0.177. The molecule has 0 bridgehead atoms. The molecule has 6 heteroatoms. The van der Waals surface area contributed by atoms with E-state index < -0.39 is 0 Å². The van der Waals surface area contributed by atoms with Gasteiger partial charge in [0.15, 0.2) is 0 Å². The van der Waals surface area contributed by atoms with Gasteiger partial charge in [-0.15, -0.1) is 0 Å². The highest BCUT2D eigenvalue weighted by Crippen LogP contribution is 2.27. The van der Waals surface area contributed by atoms with E-state index in [0.29, 0.717) is 11.4 Å². The maximum atomic E-state index is 12.6. The van der Waals surface area contributed by atoms with E-state index in [2.05, 4.69) is 15.3 Å². The molecule has 0 aliphatic carbocycles. The monoisotopic (exact) mass is 425 g/mol. The van der Waals surface area contributed by atoms with Gasteiger partial charge in [-0.2, -0.15) is 0 Å². The van der Waals surface area contributed by atoms with E-state index in [9.17, 15) is 4.79 Å². The molecule has 32 heavy (non-hydrogen) atoms. The first-order valence-electron chi connectivity index (χ1n) is 10.2. The van der Waals surface area contributed by atoms with Crippen molar-refractivity contribution in [2.75, 3.05) is 19.5 Å². The maximum Gasteiger partial charge on any atom is 0.231 e. The van der Waals surface area contributed by atoms with Gasteiger partial charge in [0.2, 0.25) is 11.9 Å². The molecule has 4 aromatic rings. The molecule has 0 radical (unpaired) electrons. The lowest BCUT2D eigenvalue weighted by atomic mass is 10.1. The summed E-state index contributed by atoms with van der Waals surface area (Å²) in [6, 6.07) is 26.7. The summed E-state index contributed by atoms with van der Waals surface area (Å²) in [6.07, 6.45) is 0.245. The zero-order valence-electron chi connectivity index (χ0n) is 17.9. The number of nitrogens with one attached hydrogen (secondary N) is 1. The van der Waals surface area contributed by atoms with E-state index in [0.717, 1.165) is 28.2 Å². The Bertz CT molecular complexity index is 1130. The molecule has 0 saturated carbocycles. The van der Waals surface area contributed by atoms with Gasteiger partial charge < -0.3 is 9.47 Å². The number of nitrogens with zero attached hydrogens (tertiary/aromatic N) is 2. The lowest BCUT2D eigenvalue weighted by molar-refractivity contribution is -0.115. The Labute approximate surface area is 186 Å². The van der Waals surface area contributed by atoms with E-state index in [-0.39, 0.29) is 18.3 Å². The minimum atomic E-state index is -0.177. The zero-order chi connectivity index (χ0) is 22.3. The van der Waals surface area contributed by atoms with Gasteiger partial charge in [-0.05, 0) is 60.2 Å². The fourth-order valence-electron chi connectivity index (χ4n) is 3.27. The predicted molar refractivity (Wildman–Crippen MR) is 125 cm³/mol. The molecule has 0 fully saturated rings. The van der Waals surface area contributed by atoms with E-state index >= 15 is 0 Å². The fraction of sp³-hybridized carbons (Fsp3) is 0.115. The zero-order valence-corrected chi connectivity index (χ0v) is 17.9. The normalized spacial score (nSPS) is 10.4. The van der Waals surface area contributed by atoms with Crippen LogP contribution in [-0.2, 0) is 11.2 Å². The lowest BCUT2D eigenvalue weighted by Crippen LogP contribution is -2.16. The van der Waals surface area contributed by atoms with Crippen LogP contribution < -0.4 is 14.8 Å². The molecule has 1 N–H and O–H groups in total. The van der Waals surface area contributed by atoms with Crippen LogP contribution in [0.2, 0.25) is 0 Å². The number of amides is 1. The molecule has 6 nitrogen and oxygen atoms in total. The summed E-state index contributed by atoms with van der Waals surface area (Å²) in [5.74, 6) is 1.60. The van der Waals surface area contributed by atoms with Crippen LogP contribution in [0, 0.1) is 0 Å². The fourth-order valence-corrected chi connectivity index (χ4v) is 3.27. The summed E-state index contributed by atoms with van der Waals surface area (Å²) in [5.41, 5.74) is 4.10. The number of rotatable bonds is 7. The second-order valence-electron chi connectivity index (χ2n) is 7.13. The molecule has 0 aliphatic rings. The molecule has 0 spiro atoms. The van der Waals surface area contributed by atoms with Crippen molar-refractivity contribution in [3.8, 4) is 34.0 Å². The number of anilines is 1. The van der Waals surface area contributed by atoms with Crippen LogP contribution in [-0.4, -0.2) is 30.1 Å². The second-order valence-corrected chi connectivity index (χ2v) is 7.13. The number of hydrogen-bond acceptors (Lipinski definition) is 5. The van der Waals surface area contributed by atoms with Gasteiger partial charge >= 0.3 is 0 Å². The first kappa shape index (κ1) is 21.1. The summed E-state index contributed by atoms with van der Waals surface area (Å²) in [5, 5.41) is 2.85.